The van der Waals surface area contributed by atoms with Crippen LogP contribution in [0.2, 0.25) is 0 Å². The maximum atomic E-state index is 10.9. The van der Waals surface area contributed by atoms with Crippen LogP contribution in [0.4, 0.5) is 0 Å². The summed E-state index contributed by atoms with van der Waals surface area (Å²) >= 11 is 1.39. The lowest BCUT2D eigenvalue weighted by Crippen LogP contribution is -2.10. The molecule has 0 unspecified atom stereocenters. The van der Waals surface area contributed by atoms with Gasteiger partial charge in [-0.2, -0.15) is 0 Å². The van der Waals surface area contributed by atoms with E-state index in [-0.39, 0.29) is 0 Å². The Morgan fingerprint density at radius 1 is 1.38 bits per heavy atom. The summed E-state index contributed by atoms with van der Waals surface area (Å²) in [4.78, 5) is 15.0. The highest BCUT2D eigenvalue weighted by Crippen LogP contribution is 2.25. The van der Waals surface area contributed by atoms with Gasteiger partial charge >= 0.3 is 0 Å². The molecule has 82 valence electrons. The summed E-state index contributed by atoms with van der Waals surface area (Å²) in [5, 5.41) is 2.43. The average molecular weight is 234 g/mol. The minimum absolute atomic E-state index is 0.302. The molecule has 5 heteroatoms. The Labute approximate surface area is 96.7 Å². The number of primary amides is 1. The summed E-state index contributed by atoms with van der Waals surface area (Å²) in [7, 11) is 1.61. The Morgan fingerprint density at radius 3 is 2.56 bits per heavy atom. The second-order valence-corrected chi connectivity index (χ2v) is 3.99. The molecule has 0 aliphatic rings. The first kappa shape index (κ1) is 10.6. The van der Waals surface area contributed by atoms with Gasteiger partial charge in [0.25, 0.3) is 5.91 Å². The van der Waals surface area contributed by atoms with Gasteiger partial charge in [-0.3, -0.25) is 4.79 Å². The maximum Gasteiger partial charge on any atom is 0.268 e. The summed E-state index contributed by atoms with van der Waals surface area (Å²) in [6, 6.07) is 7.48. The number of carbonyl (C=O) groups is 1. The molecule has 2 N–H and O–H groups in total. The van der Waals surface area contributed by atoms with Crippen molar-refractivity contribution in [3.8, 4) is 16.3 Å². The highest BCUT2D eigenvalue weighted by Gasteiger charge is 2.08. The molecule has 16 heavy (non-hydrogen) atoms. The number of nitrogens with zero attached hydrogens (tertiary/aromatic N) is 1. The molecule has 1 heterocycles. The predicted molar refractivity (Wildman–Crippen MR) is 62.6 cm³/mol. The molecule has 0 aliphatic carbocycles. The smallest absolute Gasteiger partial charge is 0.268 e. The topological polar surface area (TPSA) is 65.2 Å². The van der Waals surface area contributed by atoms with Crippen LogP contribution < -0.4 is 10.5 Å². The number of nitrogens with two attached hydrogens (primary N) is 1. The van der Waals surface area contributed by atoms with E-state index in [0.717, 1.165) is 16.3 Å². The molecule has 4 nitrogen and oxygen atoms in total. The first-order valence-corrected chi connectivity index (χ1v) is 5.48. The minimum Gasteiger partial charge on any atom is -0.497 e. The molecule has 0 aliphatic heterocycles. The number of aromatic nitrogens is 1. The van der Waals surface area contributed by atoms with Crippen molar-refractivity contribution in [3.63, 3.8) is 0 Å². The van der Waals surface area contributed by atoms with Crippen molar-refractivity contribution < 1.29 is 9.53 Å². The van der Waals surface area contributed by atoms with Crippen LogP contribution in [0.5, 0.6) is 5.75 Å². The fourth-order valence-electron chi connectivity index (χ4n) is 1.25. The van der Waals surface area contributed by atoms with Crippen molar-refractivity contribution >= 4 is 17.2 Å². The first-order valence-electron chi connectivity index (χ1n) is 4.60. The molecular weight excluding hydrogens is 224 g/mol. The zero-order valence-corrected chi connectivity index (χ0v) is 9.45. The third kappa shape index (κ3) is 2.04. The van der Waals surface area contributed by atoms with Gasteiger partial charge in [0.2, 0.25) is 0 Å². The fraction of sp³-hybridized carbons (Fsp3) is 0.0909. The van der Waals surface area contributed by atoms with Crippen molar-refractivity contribution in [1.82, 2.24) is 4.98 Å². The number of benzene rings is 1. The van der Waals surface area contributed by atoms with Crippen LogP contribution in [0.15, 0.2) is 29.6 Å². The van der Waals surface area contributed by atoms with E-state index in [1.54, 1.807) is 12.5 Å². The SMILES string of the molecule is COc1ccc(-c2nc(C(N)=O)cs2)cc1. The van der Waals surface area contributed by atoms with Crippen molar-refractivity contribution in [3.05, 3.63) is 35.3 Å². The zero-order valence-electron chi connectivity index (χ0n) is 8.64. The number of thiazole rings is 1. The molecule has 1 aromatic carbocycles. The Kier molecular flexibility index (Phi) is 2.87. The number of methoxy groups -OCH3 is 1. The van der Waals surface area contributed by atoms with Gasteiger partial charge in [-0.1, -0.05) is 0 Å². The summed E-state index contributed by atoms with van der Waals surface area (Å²) < 4.78 is 5.06. The molecule has 0 atom stereocenters. The Balaban J connectivity index is 2.31. The molecular formula is C11H10N2O2S. The van der Waals surface area contributed by atoms with E-state index in [9.17, 15) is 4.79 Å². The maximum absolute atomic E-state index is 10.9. The summed E-state index contributed by atoms with van der Waals surface area (Å²) in [6.07, 6.45) is 0. The van der Waals surface area contributed by atoms with Crippen molar-refractivity contribution in [2.75, 3.05) is 7.11 Å². The normalized spacial score (nSPS) is 10.1. The number of hydrogen-bond acceptors (Lipinski definition) is 4. The monoisotopic (exact) mass is 234 g/mol. The summed E-state index contributed by atoms with van der Waals surface area (Å²) in [6.45, 7) is 0. The summed E-state index contributed by atoms with van der Waals surface area (Å²) in [5.74, 6) is 0.284. The first-order chi connectivity index (χ1) is 7.70. The second-order valence-electron chi connectivity index (χ2n) is 3.13. The molecule has 0 bridgehead atoms. The van der Waals surface area contributed by atoms with Crippen LogP contribution in [0, 0.1) is 0 Å². The largest absolute Gasteiger partial charge is 0.497 e. The standard InChI is InChI=1S/C11H10N2O2S/c1-15-8-4-2-7(3-5-8)11-13-9(6-16-11)10(12)14/h2-6H,1H3,(H2,12,14). The van der Waals surface area contributed by atoms with E-state index in [4.69, 9.17) is 10.5 Å². The van der Waals surface area contributed by atoms with Gasteiger partial charge < -0.3 is 10.5 Å². The molecule has 1 aromatic heterocycles. The Hall–Kier alpha value is -1.88. The van der Waals surface area contributed by atoms with E-state index in [1.165, 1.54) is 11.3 Å². The highest BCUT2D eigenvalue weighted by atomic mass is 32.1. The predicted octanol–water partition coefficient (Wildman–Crippen LogP) is 1.92. The average Bonchev–Trinajstić information content (AvgIpc) is 2.78. The molecule has 0 radical (unpaired) electrons. The van der Waals surface area contributed by atoms with Crippen molar-refractivity contribution in [2.24, 2.45) is 5.73 Å². The summed E-state index contributed by atoms with van der Waals surface area (Å²) in [5.41, 5.74) is 6.38. The third-order valence-corrected chi connectivity index (χ3v) is 2.98. The van der Waals surface area contributed by atoms with Gasteiger partial charge in [0.1, 0.15) is 16.5 Å². The minimum atomic E-state index is -0.504. The zero-order chi connectivity index (χ0) is 11.5. The van der Waals surface area contributed by atoms with Crippen LogP contribution in [-0.2, 0) is 0 Å². The van der Waals surface area contributed by atoms with Gasteiger partial charge in [-0.25, -0.2) is 4.98 Å². The lowest BCUT2D eigenvalue weighted by Gasteiger charge is -1.99. The fourth-order valence-corrected chi connectivity index (χ4v) is 2.07. The molecule has 1 amide bonds. The quantitative estimate of drug-likeness (QED) is 0.882. The number of ether oxygens (including phenoxy) is 1. The van der Waals surface area contributed by atoms with Gasteiger partial charge in [0, 0.05) is 10.9 Å². The lowest BCUT2D eigenvalue weighted by atomic mass is 10.2. The van der Waals surface area contributed by atoms with Gasteiger partial charge in [-0.15, -0.1) is 11.3 Å². The van der Waals surface area contributed by atoms with Gasteiger partial charge in [0.15, 0.2) is 0 Å². The molecule has 0 spiro atoms. The van der Waals surface area contributed by atoms with Crippen LogP contribution in [-0.4, -0.2) is 18.0 Å². The molecule has 0 saturated carbocycles. The Morgan fingerprint density at radius 2 is 2.06 bits per heavy atom. The van der Waals surface area contributed by atoms with E-state index >= 15 is 0 Å². The molecule has 0 saturated heterocycles. The van der Waals surface area contributed by atoms with Gasteiger partial charge in [-0.05, 0) is 24.3 Å². The van der Waals surface area contributed by atoms with Crippen molar-refractivity contribution in [1.29, 1.82) is 0 Å². The highest BCUT2D eigenvalue weighted by molar-refractivity contribution is 7.13. The second kappa shape index (κ2) is 4.32. The Bertz CT molecular complexity index is 505. The van der Waals surface area contributed by atoms with E-state index in [0.29, 0.717) is 5.69 Å². The van der Waals surface area contributed by atoms with Gasteiger partial charge in [0.05, 0.1) is 7.11 Å². The molecule has 2 aromatic rings. The number of hydrogen-bond donors (Lipinski definition) is 1. The molecule has 2 rings (SSSR count). The van der Waals surface area contributed by atoms with Crippen LogP contribution in [0.25, 0.3) is 10.6 Å². The van der Waals surface area contributed by atoms with Crippen molar-refractivity contribution in [2.45, 2.75) is 0 Å². The van der Waals surface area contributed by atoms with E-state index in [2.05, 4.69) is 4.98 Å². The van der Waals surface area contributed by atoms with E-state index in [1.807, 2.05) is 24.3 Å². The molecule has 0 fully saturated rings. The number of rotatable bonds is 3. The van der Waals surface area contributed by atoms with Crippen LogP contribution in [0.1, 0.15) is 10.5 Å². The van der Waals surface area contributed by atoms with Crippen LogP contribution in [0.3, 0.4) is 0 Å². The van der Waals surface area contributed by atoms with Crippen LogP contribution >= 0.6 is 11.3 Å². The van der Waals surface area contributed by atoms with E-state index < -0.39 is 5.91 Å². The number of carbonyl (C=O) groups excluding carboxylic acids is 1. The lowest BCUT2D eigenvalue weighted by molar-refractivity contribution is 0.0996. The third-order valence-electron chi connectivity index (χ3n) is 2.09. The number of amides is 1.